The van der Waals surface area contributed by atoms with Crippen molar-refractivity contribution < 1.29 is 19.1 Å². The van der Waals surface area contributed by atoms with Gasteiger partial charge in [0.2, 0.25) is 11.8 Å². The van der Waals surface area contributed by atoms with Gasteiger partial charge in [-0.2, -0.15) is 0 Å². The lowest BCUT2D eigenvalue weighted by molar-refractivity contribution is -0.138. The van der Waals surface area contributed by atoms with Crippen molar-refractivity contribution in [1.82, 2.24) is 15.1 Å². The van der Waals surface area contributed by atoms with E-state index in [0.717, 1.165) is 11.3 Å². The third kappa shape index (κ3) is 5.54. The Balaban J connectivity index is 1.46. The van der Waals surface area contributed by atoms with Gasteiger partial charge in [-0.1, -0.05) is 48.5 Å². The minimum atomic E-state index is -0.770. The van der Waals surface area contributed by atoms with Gasteiger partial charge in [0, 0.05) is 38.5 Å². The average molecular weight is 477 g/mol. The number of nitrogens with one attached hydrogen (secondary N) is 1. The normalized spacial score (nSPS) is 17.4. The van der Waals surface area contributed by atoms with Gasteiger partial charge in [0.15, 0.2) is 0 Å². The van der Waals surface area contributed by atoms with E-state index in [2.05, 4.69) is 10.2 Å². The van der Waals surface area contributed by atoms with Crippen LogP contribution in [0.3, 0.4) is 0 Å². The number of hydrogen-bond donors (Lipinski definition) is 1. The van der Waals surface area contributed by atoms with Gasteiger partial charge < -0.3 is 24.8 Å². The lowest BCUT2D eigenvalue weighted by Crippen LogP contribution is -2.57. The number of piperidine rings is 1. The lowest BCUT2D eigenvalue weighted by atomic mass is 9.85. The molecule has 8 heteroatoms. The Morgan fingerprint density at radius 3 is 2.34 bits per heavy atom. The topological polar surface area (TPSA) is 82.2 Å². The molecule has 0 atom stereocenters. The molecule has 0 bridgehead atoms. The highest BCUT2D eigenvalue weighted by atomic mass is 16.5. The minimum absolute atomic E-state index is 0.00388. The monoisotopic (exact) mass is 476 g/mol. The fraction of sp³-hybridized carbons (Fsp3) is 0.370. The molecule has 8 nitrogen and oxygen atoms in total. The molecule has 0 aromatic heterocycles. The smallest absolute Gasteiger partial charge is 0.250 e. The van der Waals surface area contributed by atoms with E-state index < -0.39 is 5.54 Å². The zero-order valence-corrected chi connectivity index (χ0v) is 20.1. The summed E-state index contributed by atoms with van der Waals surface area (Å²) in [7, 11) is 1.58. The van der Waals surface area contributed by atoms with E-state index in [9.17, 15) is 14.4 Å². The fourth-order valence-electron chi connectivity index (χ4n) is 4.78. The van der Waals surface area contributed by atoms with Gasteiger partial charge in [-0.3, -0.25) is 14.4 Å². The van der Waals surface area contributed by atoms with Gasteiger partial charge in [0.05, 0.1) is 13.3 Å². The standard InChI is InChI=1S/C27H32N4O4/c1-35-19-16-28-24(32)20-30-21-31(23-10-6-3-7-11-23)27(26(30)34)14-17-29(18-15-27)25(33)13-12-22-8-4-2-5-9-22/h2-13H,14-21H2,1H3,(H,28,32)/b13-12+. The first kappa shape index (κ1) is 24.5. The number of nitrogens with zero attached hydrogens (tertiary/aromatic N) is 3. The van der Waals surface area contributed by atoms with Crippen LogP contribution in [0.2, 0.25) is 0 Å². The Morgan fingerprint density at radius 2 is 1.69 bits per heavy atom. The van der Waals surface area contributed by atoms with Gasteiger partial charge in [-0.15, -0.1) is 0 Å². The molecule has 0 saturated carbocycles. The highest BCUT2D eigenvalue weighted by molar-refractivity contribution is 5.97. The number of likely N-dealkylation sites (tertiary alicyclic amines) is 1. The van der Waals surface area contributed by atoms with Crippen molar-refractivity contribution in [3.8, 4) is 0 Å². The van der Waals surface area contributed by atoms with Crippen molar-refractivity contribution in [3.05, 3.63) is 72.3 Å². The Hall–Kier alpha value is -3.65. The van der Waals surface area contributed by atoms with Gasteiger partial charge in [-0.05, 0) is 36.6 Å². The molecule has 0 aliphatic carbocycles. The Bertz CT molecular complexity index is 1050. The Kier molecular flexibility index (Phi) is 7.82. The molecule has 2 saturated heterocycles. The van der Waals surface area contributed by atoms with Gasteiger partial charge in [0.1, 0.15) is 12.1 Å². The molecule has 4 rings (SSSR count). The number of para-hydroxylation sites is 1. The number of anilines is 1. The lowest BCUT2D eigenvalue weighted by Gasteiger charge is -2.43. The first-order chi connectivity index (χ1) is 17.0. The molecular weight excluding hydrogens is 444 g/mol. The fourth-order valence-corrected chi connectivity index (χ4v) is 4.78. The highest BCUT2D eigenvalue weighted by Gasteiger charge is 2.54. The van der Waals surface area contributed by atoms with Crippen LogP contribution in [0.1, 0.15) is 18.4 Å². The second-order valence-electron chi connectivity index (χ2n) is 8.85. The summed E-state index contributed by atoms with van der Waals surface area (Å²) in [6, 6.07) is 19.5. The third-order valence-electron chi connectivity index (χ3n) is 6.67. The maximum atomic E-state index is 13.7. The molecule has 184 valence electrons. The largest absolute Gasteiger partial charge is 0.383 e. The van der Waals surface area contributed by atoms with Crippen molar-refractivity contribution in [2.24, 2.45) is 0 Å². The van der Waals surface area contributed by atoms with Crippen LogP contribution in [0.15, 0.2) is 66.7 Å². The maximum absolute atomic E-state index is 13.7. The van der Waals surface area contributed by atoms with Crippen LogP contribution >= 0.6 is 0 Å². The van der Waals surface area contributed by atoms with Crippen molar-refractivity contribution in [2.45, 2.75) is 18.4 Å². The molecule has 0 unspecified atom stereocenters. The van der Waals surface area contributed by atoms with Crippen LogP contribution in [0.25, 0.3) is 6.08 Å². The number of carbonyl (C=O) groups excluding carboxylic acids is 3. The van der Waals surface area contributed by atoms with Crippen LogP contribution in [0, 0.1) is 0 Å². The van der Waals surface area contributed by atoms with Crippen LogP contribution < -0.4 is 10.2 Å². The van der Waals surface area contributed by atoms with Crippen molar-refractivity contribution in [3.63, 3.8) is 0 Å². The first-order valence-corrected chi connectivity index (χ1v) is 11.9. The molecule has 2 fully saturated rings. The molecule has 2 heterocycles. The van der Waals surface area contributed by atoms with E-state index in [-0.39, 0.29) is 24.3 Å². The third-order valence-corrected chi connectivity index (χ3v) is 6.67. The summed E-state index contributed by atoms with van der Waals surface area (Å²) < 4.78 is 4.98. The van der Waals surface area contributed by atoms with Gasteiger partial charge in [-0.25, -0.2) is 0 Å². The Labute approximate surface area is 206 Å². The van der Waals surface area contributed by atoms with Crippen LogP contribution in [0.5, 0.6) is 0 Å². The van der Waals surface area contributed by atoms with E-state index in [4.69, 9.17) is 4.74 Å². The molecule has 2 aliphatic heterocycles. The first-order valence-electron chi connectivity index (χ1n) is 11.9. The molecule has 2 aromatic carbocycles. The van der Waals surface area contributed by atoms with Crippen LogP contribution in [-0.4, -0.2) is 79.6 Å². The van der Waals surface area contributed by atoms with Crippen molar-refractivity contribution >= 4 is 29.5 Å². The number of carbonyl (C=O) groups is 3. The summed E-state index contributed by atoms with van der Waals surface area (Å²) in [4.78, 5) is 44.4. The Morgan fingerprint density at radius 1 is 1.03 bits per heavy atom. The SMILES string of the molecule is COCCNC(=O)CN1CN(c2ccccc2)C2(CCN(C(=O)/C=C/c3ccccc3)CC2)C1=O. The van der Waals surface area contributed by atoms with Gasteiger partial charge in [0.25, 0.3) is 5.91 Å². The van der Waals surface area contributed by atoms with E-state index in [1.807, 2.05) is 66.7 Å². The van der Waals surface area contributed by atoms with E-state index >= 15 is 0 Å². The highest BCUT2D eigenvalue weighted by Crippen LogP contribution is 2.39. The number of ether oxygens (including phenoxy) is 1. The van der Waals surface area contributed by atoms with Crippen molar-refractivity contribution in [1.29, 1.82) is 0 Å². The number of methoxy groups -OCH3 is 1. The van der Waals surface area contributed by atoms with Crippen molar-refractivity contribution in [2.75, 3.05) is 51.5 Å². The minimum Gasteiger partial charge on any atom is -0.383 e. The number of amides is 3. The zero-order chi connectivity index (χ0) is 24.7. The summed E-state index contributed by atoms with van der Waals surface area (Å²) in [5.74, 6) is -0.330. The molecule has 2 aliphatic rings. The number of benzene rings is 2. The summed E-state index contributed by atoms with van der Waals surface area (Å²) in [6.45, 7) is 2.10. The second-order valence-corrected chi connectivity index (χ2v) is 8.85. The second kappa shape index (κ2) is 11.2. The maximum Gasteiger partial charge on any atom is 0.250 e. The molecular formula is C27H32N4O4. The predicted octanol–water partition coefficient (Wildman–Crippen LogP) is 2.13. The molecule has 1 N–H and O–H groups in total. The van der Waals surface area contributed by atoms with E-state index in [1.54, 1.807) is 23.0 Å². The van der Waals surface area contributed by atoms with E-state index in [1.165, 1.54) is 0 Å². The quantitative estimate of drug-likeness (QED) is 0.466. The number of hydrogen-bond acceptors (Lipinski definition) is 5. The predicted molar refractivity (Wildman–Crippen MR) is 134 cm³/mol. The molecule has 35 heavy (non-hydrogen) atoms. The molecule has 2 aromatic rings. The molecule has 0 radical (unpaired) electrons. The van der Waals surface area contributed by atoms with Crippen LogP contribution in [-0.2, 0) is 19.1 Å². The summed E-state index contributed by atoms with van der Waals surface area (Å²) in [6.07, 6.45) is 4.42. The van der Waals surface area contributed by atoms with E-state index in [0.29, 0.717) is 45.8 Å². The van der Waals surface area contributed by atoms with Crippen LogP contribution in [0.4, 0.5) is 5.69 Å². The summed E-state index contributed by atoms with van der Waals surface area (Å²) in [5.41, 5.74) is 1.13. The number of rotatable bonds is 8. The molecule has 1 spiro atoms. The summed E-state index contributed by atoms with van der Waals surface area (Å²) >= 11 is 0. The zero-order valence-electron chi connectivity index (χ0n) is 20.1. The van der Waals surface area contributed by atoms with Gasteiger partial charge >= 0.3 is 0 Å². The molecule has 3 amide bonds. The summed E-state index contributed by atoms with van der Waals surface area (Å²) in [5, 5.41) is 2.79. The average Bonchev–Trinajstić information content (AvgIpc) is 3.15.